The minimum Gasteiger partial charge on any atom is -0.496 e. The Kier molecular flexibility index (Phi) is 5.39. The molecule has 1 aromatic heterocycles. The molecule has 0 aromatic carbocycles. The van der Waals surface area contributed by atoms with Gasteiger partial charge in [0.2, 0.25) is 0 Å². The molecule has 2 N–H and O–H groups in total. The van der Waals surface area contributed by atoms with Crippen LogP contribution in [0.3, 0.4) is 0 Å². The van der Waals surface area contributed by atoms with Crippen molar-refractivity contribution in [3.63, 3.8) is 0 Å². The van der Waals surface area contributed by atoms with E-state index in [1.165, 1.54) is 11.3 Å². The highest BCUT2D eigenvalue weighted by molar-refractivity contribution is 7.12. The Labute approximate surface area is 123 Å². The van der Waals surface area contributed by atoms with Gasteiger partial charge in [0.25, 0.3) is 5.91 Å². The van der Waals surface area contributed by atoms with E-state index < -0.39 is 0 Å². The molecule has 0 bridgehead atoms. The van der Waals surface area contributed by atoms with E-state index in [1.807, 2.05) is 5.38 Å². The molecule has 0 spiro atoms. The standard InChI is InChI=1S/C14H22N2O3S/c1-18-10-14(3-5-15-6-4-14)9-16-13(17)12-7-11(19-2)8-20-12/h7-8,15H,3-6,9-10H2,1-2H3,(H,16,17). The molecule has 0 atom stereocenters. The van der Waals surface area contributed by atoms with Gasteiger partial charge in [-0.15, -0.1) is 11.3 Å². The van der Waals surface area contributed by atoms with E-state index in [2.05, 4.69) is 10.6 Å². The highest BCUT2D eigenvalue weighted by Crippen LogP contribution is 2.28. The van der Waals surface area contributed by atoms with Crippen LogP contribution in [0.15, 0.2) is 11.4 Å². The first-order chi connectivity index (χ1) is 9.69. The molecule has 0 aliphatic carbocycles. The van der Waals surface area contributed by atoms with Crippen LogP contribution < -0.4 is 15.4 Å². The van der Waals surface area contributed by atoms with E-state index in [1.54, 1.807) is 20.3 Å². The molecule has 1 aliphatic heterocycles. The number of rotatable bonds is 6. The predicted octanol–water partition coefficient (Wildman–Crippen LogP) is 1.50. The van der Waals surface area contributed by atoms with Crippen LogP contribution in [0.5, 0.6) is 5.75 Å². The lowest BCUT2D eigenvalue weighted by atomic mass is 9.79. The van der Waals surface area contributed by atoms with Crippen molar-refractivity contribution in [1.29, 1.82) is 0 Å². The Bertz CT molecular complexity index is 436. The molecule has 0 radical (unpaired) electrons. The Morgan fingerprint density at radius 3 is 2.80 bits per heavy atom. The van der Waals surface area contributed by atoms with Crippen molar-refractivity contribution in [2.24, 2.45) is 5.41 Å². The van der Waals surface area contributed by atoms with Gasteiger partial charge in [0.1, 0.15) is 5.75 Å². The summed E-state index contributed by atoms with van der Waals surface area (Å²) >= 11 is 1.40. The molecule has 1 saturated heterocycles. The molecule has 6 heteroatoms. The summed E-state index contributed by atoms with van der Waals surface area (Å²) in [5.74, 6) is 0.695. The van der Waals surface area contributed by atoms with Crippen LogP contribution in [0.4, 0.5) is 0 Å². The lowest BCUT2D eigenvalue weighted by molar-refractivity contribution is 0.0512. The summed E-state index contributed by atoms with van der Waals surface area (Å²) in [7, 11) is 3.32. The first-order valence-electron chi connectivity index (χ1n) is 6.79. The summed E-state index contributed by atoms with van der Waals surface area (Å²) in [4.78, 5) is 12.8. The molecule has 20 heavy (non-hydrogen) atoms. The largest absolute Gasteiger partial charge is 0.496 e. The number of carbonyl (C=O) groups excluding carboxylic acids is 1. The number of methoxy groups -OCH3 is 2. The van der Waals surface area contributed by atoms with E-state index in [4.69, 9.17) is 9.47 Å². The van der Waals surface area contributed by atoms with Gasteiger partial charge in [-0.05, 0) is 25.9 Å². The Morgan fingerprint density at radius 2 is 2.20 bits per heavy atom. The van der Waals surface area contributed by atoms with Crippen molar-refractivity contribution in [2.45, 2.75) is 12.8 Å². The van der Waals surface area contributed by atoms with Crippen LogP contribution in [-0.4, -0.2) is 46.4 Å². The van der Waals surface area contributed by atoms with Gasteiger partial charge in [-0.3, -0.25) is 4.79 Å². The van der Waals surface area contributed by atoms with Crippen molar-refractivity contribution in [3.8, 4) is 5.75 Å². The topological polar surface area (TPSA) is 59.6 Å². The number of carbonyl (C=O) groups is 1. The Balaban J connectivity index is 1.93. The molecular weight excluding hydrogens is 276 g/mol. The zero-order valence-corrected chi connectivity index (χ0v) is 12.8. The first kappa shape index (κ1) is 15.3. The summed E-state index contributed by atoms with van der Waals surface area (Å²) in [5.41, 5.74) is 0.0526. The van der Waals surface area contributed by atoms with Crippen LogP contribution in [-0.2, 0) is 4.74 Å². The third-order valence-electron chi connectivity index (χ3n) is 3.77. The second-order valence-electron chi connectivity index (χ2n) is 5.22. The van der Waals surface area contributed by atoms with Crippen LogP contribution in [0, 0.1) is 5.41 Å². The van der Waals surface area contributed by atoms with Crippen LogP contribution in [0.1, 0.15) is 22.5 Å². The molecule has 1 fully saturated rings. The minimum absolute atomic E-state index is 0.0349. The van der Waals surface area contributed by atoms with Gasteiger partial charge in [0, 0.05) is 30.5 Å². The van der Waals surface area contributed by atoms with Crippen molar-refractivity contribution in [1.82, 2.24) is 10.6 Å². The fourth-order valence-electron chi connectivity index (χ4n) is 2.54. The molecule has 1 amide bonds. The summed E-state index contributed by atoms with van der Waals surface area (Å²) in [5, 5.41) is 8.22. The third-order valence-corrected chi connectivity index (χ3v) is 4.68. The number of piperidine rings is 1. The van der Waals surface area contributed by atoms with Gasteiger partial charge < -0.3 is 20.1 Å². The SMILES string of the molecule is COCC1(CNC(=O)c2cc(OC)cs2)CCNCC1. The van der Waals surface area contributed by atoms with Gasteiger partial charge in [-0.1, -0.05) is 0 Å². The van der Waals surface area contributed by atoms with E-state index in [0.717, 1.165) is 31.7 Å². The summed E-state index contributed by atoms with van der Waals surface area (Å²) in [6, 6.07) is 1.77. The zero-order chi connectivity index (χ0) is 14.4. The van der Waals surface area contributed by atoms with Gasteiger partial charge >= 0.3 is 0 Å². The lowest BCUT2D eigenvalue weighted by Gasteiger charge is -2.37. The number of amides is 1. The fourth-order valence-corrected chi connectivity index (χ4v) is 3.31. The minimum atomic E-state index is -0.0349. The maximum absolute atomic E-state index is 12.2. The quantitative estimate of drug-likeness (QED) is 0.835. The normalized spacial score (nSPS) is 17.7. The average molecular weight is 298 g/mol. The first-order valence-corrected chi connectivity index (χ1v) is 7.67. The number of hydrogen-bond donors (Lipinski definition) is 2. The molecule has 2 heterocycles. The predicted molar refractivity (Wildman–Crippen MR) is 79.6 cm³/mol. The van der Waals surface area contributed by atoms with E-state index >= 15 is 0 Å². The second kappa shape index (κ2) is 7.06. The smallest absolute Gasteiger partial charge is 0.261 e. The highest BCUT2D eigenvalue weighted by Gasteiger charge is 2.32. The van der Waals surface area contributed by atoms with Gasteiger partial charge in [0.05, 0.1) is 18.6 Å². The molecule has 5 nitrogen and oxygen atoms in total. The summed E-state index contributed by atoms with van der Waals surface area (Å²) in [6.07, 6.45) is 2.05. The monoisotopic (exact) mass is 298 g/mol. The fraction of sp³-hybridized carbons (Fsp3) is 0.643. The van der Waals surface area contributed by atoms with Crippen LogP contribution >= 0.6 is 11.3 Å². The zero-order valence-electron chi connectivity index (χ0n) is 12.0. The third kappa shape index (κ3) is 3.71. The van der Waals surface area contributed by atoms with Gasteiger partial charge in [0.15, 0.2) is 0 Å². The number of thiophene rings is 1. The van der Waals surface area contributed by atoms with Crippen molar-refractivity contribution in [2.75, 3.05) is 40.5 Å². The van der Waals surface area contributed by atoms with Crippen molar-refractivity contribution in [3.05, 3.63) is 16.3 Å². The molecule has 1 aliphatic rings. The number of nitrogens with one attached hydrogen (secondary N) is 2. The Hall–Kier alpha value is -1.11. The Morgan fingerprint density at radius 1 is 1.45 bits per heavy atom. The number of hydrogen-bond acceptors (Lipinski definition) is 5. The molecule has 0 saturated carbocycles. The number of ether oxygens (including phenoxy) is 2. The highest BCUT2D eigenvalue weighted by atomic mass is 32.1. The van der Waals surface area contributed by atoms with Gasteiger partial charge in [-0.2, -0.15) is 0 Å². The molecule has 1 aromatic rings. The van der Waals surface area contributed by atoms with E-state index in [9.17, 15) is 4.79 Å². The van der Waals surface area contributed by atoms with Crippen LogP contribution in [0.25, 0.3) is 0 Å². The molecular formula is C14H22N2O3S. The van der Waals surface area contributed by atoms with E-state index in [0.29, 0.717) is 18.0 Å². The molecule has 0 unspecified atom stereocenters. The van der Waals surface area contributed by atoms with E-state index in [-0.39, 0.29) is 11.3 Å². The molecule has 2 rings (SSSR count). The van der Waals surface area contributed by atoms with Crippen molar-refractivity contribution < 1.29 is 14.3 Å². The van der Waals surface area contributed by atoms with Gasteiger partial charge in [-0.25, -0.2) is 0 Å². The second-order valence-corrected chi connectivity index (χ2v) is 6.13. The summed E-state index contributed by atoms with van der Waals surface area (Å²) in [6.45, 7) is 3.29. The van der Waals surface area contributed by atoms with Crippen LogP contribution in [0.2, 0.25) is 0 Å². The lowest BCUT2D eigenvalue weighted by Crippen LogP contribution is -2.47. The van der Waals surface area contributed by atoms with Crippen molar-refractivity contribution >= 4 is 17.2 Å². The maximum atomic E-state index is 12.2. The average Bonchev–Trinajstić information content (AvgIpc) is 2.95. The summed E-state index contributed by atoms with van der Waals surface area (Å²) < 4.78 is 10.4. The molecule has 112 valence electrons. The maximum Gasteiger partial charge on any atom is 0.261 e.